The van der Waals surface area contributed by atoms with Gasteiger partial charge in [-0.2, -0.15) is 0 Å². The summed E-state index contributed by atoms with van der Waals surface area (Å²) in [5.74, 6) is -1.44. The second-order valence-corrected chi connectivity index (χ2v) is 4.92. The number of urea groups is 1. The van der Waals surface area contributed by atoms with Crippen LogP contribution in [0, 0.1) is 0 Å². The molecule has 1 atom stereocenters. The fraction of sp³-hybridized carbons (Fsp3) is 0.727. The van der Waals surface area contributed by atoms with Crippen LogP contribution in [0.5, 0.6) is 0 Å². The predicted molar refractivity (Wildman–Crippen MR) is 66.1 cm³/mol. The SMILES string of the molecule is CC[C@H](NC(=O)NCC(=O)NC(C)(C)C)C(=O)O. The number of amides is 3. The molecular weight excluding hydrogens is 238 g/mol. The van der Waals surface area contributed by atoms with E-state index in [-0.39, 0.29) is 24.4 Å². The largest absolute Gasteiger partial charge is 0.480 e. The van der Waals surface area contributed by atoms with Gasteiger partial charge < -0.3 is 21.1 Å². The van der Waals surface area contributed by atoms with E-state index >= 15 is 0 Å². The highest BCUT2D eigenvalue weighted by Crippen LogP contribution is 1.97. The van der Waals surface area contributed by atoms with Crippen molar-refractivity contribution < 1.29 is 19.5 Å². The molecular formula is C11H21N3O4. The molecule has 7 heteroatoms. The van der Waals surface area contributed by atoms with E-state index in [9.17, 15) is 14.4 Å². The molecule has 0 saturated carbocycles. The van der Waals surface area contributed by atoms with Crippen molar-refractivity contribution in [2.75, 3.05) is 6.54 Å². The monoisotopic (exact) mass is 259 g/mol. The summed E-state index contributed by atoms with van der Waals surface area (Å²) >= 11 is 0. The van der Waals surface area contributed by atoms with E-state index < -0.39 is 18.0 Å². The number of rotatable bonds is 5. The fourth-order valence-corrected chi connectivity index (χ4v) is 1.17. The molecule has 0 bridgehead atoms. The van der Waals surface area contributed by atoms with Crippen molar-refractivity contribution in [3.8, 4) is 0 Å². The quantitative estimate of drug-likeness (QED) is 0.560. The first kappa shape index (κ1) is 16.2. The third-order valence-corrected chi connectivity index (χ3v) is 1.94. The summed E-state index contributed by atoms with van der Waals surface area (Å²) in [6, 6.07) is -1.62. The molecule has 0 aliphatic carbocycles. The minimum absolute atomic E-state index is 0.195. The number of carbonyl (C=O) groups is 3. The maximum atomic E-state index is 11.4. The van der Waals surface area contributed by atoms with Crippen LogP contribution in [0.15, 0.2) is 0 Å². The second-order valence-electron chi connectivity index (χ2n) is 4.92. The molecule has 7 nitrogen and oxygen atoms in total. The first-order chi connectivity index (χ1) is 8.15. The Hall–Kier alpha value is -1.79. The molecule has 0 aromatic heterocycles. The zero-order valence-corrected chi connectivity index (χ0v) is 11.2. The van der Waals surface area contributed by atoms with Crippen molar-refractivity contribution in [1.29, 1.82) is 0 Å². The summed E-state index contributed by atoms with van der Waals surface area (Å²) in [7, 11) is 0. The van der Waals surface area contributed by atoms with E-state index in [4.69, 9.17) is 5.11 Å². The van der Waals surface area contributed by atoms with Gasteiger partial charge in [0.2, 0.25) is 5.91 Å². The molecule has 104 valence electrons. The Morgan fingerprint density at radius 1 is 1.22 bits per heavy atom. The van der Waals surface area contributed by atoms with Crippen molar-refractivity contribution in [3.05, 3.63) is 0 Å². The van der Waals surface area contributed by atoms with Crippen molar-refractivity contribution in [2.45, 2.75) is 45.7 Å². The number of hydrogen-bond donors (Lipinski definition) is 4. The van der Waals surface area contributed by atoms with Gasteiger partial charge in [-0.1, -0.05) is 6.92 Å². The average Bonchev–Trinajstić information content (AvgIpc) is 2.20. The number of carboxylic acid groups (broad SMARTS) is 1. The lowest BCUT2D eigenvalue weighted by atomic mass is 10.1. The summed E-state index contributed by atoms with van der Waals surface area (Å²) in [5, 5.41) is 16.0. The summed E-state index contributed by atoms with van der Waals surface area (Å²) < 4.78 is 0. The van der Waals surface area contributed by atoms with Gasteiger partial charge in [0.25, 0.3) is 0 Å². The van der Waals surface area contributed by atoms with Gasteiger partial charge in [0.1, 0.15) is 6.04 Å². The molecule has 0 fully saturated rings. The summed E-state index contributed by atoms with van der Waals surface area (Å²) in [6.07, 6.45) is 0.275. The molecule has 0 aliphatic rings. The maximum absolute atomic E-state index is 11.4. The third-order valence-electron chi connectivity index (χ3n) is 1.94. The van der Waals surface area contributed by atoms with Crippen LogP contribution >= 0.6 is 0 Å². The maximum Gasteiger partial charge on any atom is 0.326 e. The Balaban J connectivity index is 4.04. The average molecular weight is 259 g/mol. The highest BCUT2D eigenvalue weighted by atomic mass is 16.4. The Morgan fingerprint density at radius 3 is 2.17 bits per heavy atom. The zero-order valence-electron chi connectivity index (χ0n) is 11.2. The molecule has 0 aromatic rings. The predicted octanol–water partition coefficient (Wildman–Crippen LogP) is 0.0635. The standard InChI is InChI=1S/C11H21N3O4/c1-5-7(9(16)17)13-10(18)12-6-8(15)14-11(2,3)4/h7H,5-6H2,1-4H3,(H,14,15)(H,16,17)(H2,12,13,18)/t7-/m0/s1. The van der Waals surface area contributed by atoms with Crippen LogP contribution in [0.4, 0.5) is 4.79 Å². The van der Waals surface area contributed by atoms with Crippen molar-refractivity contribution in [2.24, 2.45) is 0 Å². The topological polar surface area (TPSA) is 108 Å². The van der Waals surface area contributed by atoms with Crippen LogP contribution in [0.25, 0.3) is 0 Å². The van der Waals surface area contributed by atoms with Gasteiger partial charge >= 0.3 is 12.0 Å². The van der Waals surface area contributed by atoms with Crippen LogP contribution in [0.3, 0.4) is 0 Å². The molecule has 3 amide bonds. The highest BCUT2D eigenvalue weighted by molar-refractivity contribution is 5.86. The summed E-state index contributed by atoms with van der Waals surface area (Å²) in [6.45, 7) is 6.91. The molecule has 0 heterocycles. The molecule has 0 radical (unpaired) electrons. The molecule has 0 aliphatic heterocycles. The Labute approximate surface area is 106 Å². The van der Waals surface area contributed by atoms with E-state index in [2.05, 4.69) is 16.0 Å². The summed E-state index contributed by atoms with van der Waals surface area (Å²) in [5.41, 5.74) is -0.373. The van der Waals surface area contributed by atoms with E-state index in [0.29, 0.717) is 0 Å². The molecule has 4 N–H and O–H groups in total. The summed E-state index contributed by atoms with van der Waals surface area (Å²) in [4.78, 5) is 33.4. The smallest absolute Gasteiger partial charge is 0.326 e. The van der Waals surface area contributed by atoms with Crippen molar-refractivity contribution in [1.82, 2.24) is 16.0 Å². The lowest BCUT2D eigenvalue weighted by Gasteiger charge is -2.20. The molecule has 0 unspecified atom stereocenters. The number of hydrogen-bond acceptors (Lipinski definition) is 3. The normalized spacial score (nSPS) is 12.4. The minimum atomic E-state index is -1.10. The van der Waals surface area contributed by atoms with Crippen LogP contribution in [0.2, 0.25) is 0 Å². The number of carboxylic acids is 1. The van der Waals surface area contributed by atoms with E-state index in [1.165, 1.54) is 0 Å². The fourth-order valence-electron chi connectivity index (χ4n) is 1.17. The Bertz CT molecular complexity index is 323. The van der Waals surface area contributed by atoms with Gasteiger partial charge in [-0.25, -0.2) is 9.59 Å². The number of carbonyl (C=O) groups excluding carboxylic acids is 2. The van der Waals surface area contributed by atoms with Gasteiger partial charge in [-0.05, 0) is 27.2 Å². The molecule has 0 rings (SSSR count). The Kier molecular flexibility index (Phi) is 6.15. The highest BCUT2D eigenvalue weighted by Gasteiger charge is 2.18. The van der Waals surface area contributed by atoms with Gasteiger partial charge in [0, 0.05) is 5.54 Å². The lowest BCUT2D eigenvalue weighted by molar-refractivity contribution is -0.139. The molecule has 18 heavy (non-hydrogen) atoms. The van der Waals surface area contributed by atoms with E-state index in [0.717, 1.165) is 0 Å². The number of nitrogens with one attached hydrogen (secondary N) is 3. The molecule has 0 spiro atoms. The minimum Gasteiger partial charge on any atom is -0.480 e. The third kappa shape index (κ3) is 7.48. The van der Waals surface area contributed by atoms with Gasteiger partial charge in [0.15, 0.2) is 0 Å². The van der Waals surface area contributed by atoms with E-state index in [1.807, 2.05) is 20.8 Å². The molecule has 0 saturated heterocycles. The van der Waals surface area contributed by atoms with Crippen LogP contribution in [-0.4, -0.2) is 41.1 Å². The lowest BCUT2D eigenvalue weighted by Crippen LogP contribution is -2.50. The number of aliphatic carboxylic acids is 1. The first-order valence-electron chi connectivity index (χ1n) is 5.74. The van der Waals surface area contributed by atoms with Gasteiger partial charge in [-0.15, -0.1) is 0 Å². The van der Waals surface area contributed by atoms with Crippen molar-refractivity contribution in [3.63, 3.8) is 0 Å². The van der Waals surface area contributed by atoms with Gasteiger partial charge in [0.05, 0.1) is 6.54 Å². The molecule has 0 aromatic carbocycles. The second kappa shape index (κ2) is 6.83. The first-order valence-corrected chi connectivity index (χ1v) is 5.74. The van der Waals surface area contributed by atoms with E-state index in [1.54, 1.807) is 6.92 Å². The Morgan fingerprint density at radius 2 is 1.78 bits per heavy atom. The van der Waals surface area contributed by atoms with Crippen LogP contribution in [-0.2, 0) is 9.59 Å². The van der Waals surface area contributed by atoms with Crippen molar-refractivity contribution >= 4 is 17.9 Å². The van der Waals surface area contributed by atoms with Crippen LogP contribution in [0.1, 0.15) is 34.1 Å². The van der Waals surface area contributed by atoms with Crippen LogP contribution < -0.4 is 16.0 Å². The zero-order chi connectivity index (χ0) is 14.3. The van der Waals surface area contributed by atoms with Gasteiger partial charge in [-0.3, -0.25) is 4.79 Å².